The second kappa shape index (κ2) is 10.1. The fourth-order valence-corrected chi connectivity index (χ4v) is 3.80. The highest BCUT2D eigenvalue weighted by atomic mass is 19.1. The number of nitrogens with zero attached hydrogens (tertiary/aromatic N) is 4. The van der Waals surface area contributed by atoms with Gasteiger partial charge in [-0.05, 0) is 49.6 Å². The van der Waals surface area contributed by atoms with Crippen LogP contribution in [0.5, 0.6) is 0 Å². The standard InChI is InChI=1S/C23H28FN7/c1-2-25-23(26-15-17-5-3-6-18(13-17)22-27-16-28-30-22)29-20-9-11-31(12-10-20)21-8-4-7-19(24)14-21/h3-8,13-14,16,20H,2,9-12,15H2,1H3,(H2,25,26,29)(H,27,28,30). The van der Waals surface area contributed by atoms with Crippen LogP contribution in [0, 0.1) is 5.82 Å². The zero-order valence-electron chi connectivity index (χ0n) is 17.7. The summed E-state index contributed by atoms with van der Waals surface area (Å²) < 4.78 is 13.5. The van der Waals surface area contributed by atoms with Gasteiger partial charge in [-0.25, -0.2) is 14.4 Å². The van der Waals surface area contributed by atoms with Crippen molar-refractivity contribution in [3.05, 3.63) is 66.2 Å². The Morgan fingerprint density at radius 3 is 2.77 bits per heavy atom. The fraction of sp³-hybridized carbons (Fsp3) is 0.348. The second-order valence-electron chi connectivity index (χ2n) is 7.62. The lowest BCUT2D eigenvalue weighted by atomic mass is 10.0. The Bertz CT molecular complexity index is 995. The van der Waals surface area contributed by atoms with Gasteiger partial charge in [-0.15, -0.1) is 0 Å². The summed E-state index contributed by atoms with van der Waals surface area (Å²) in [5.41, 5.74) is 3.05. The third-order valence-corrected chi connectivity index (χ3v) is 5.39. The molecule has 0 spiro atoms. The summed E-state index contributed by atoms with van der Waals surface area (Å²) in [6, 6.07) is 15.3. The Morgan fingerprint density at radius 1 is 1.19 bits per heavy atom. The minimum absolute atomic E-state index is 0.188. The lowest BCUT2D eigenvalue weighted by molar-refractivity contribution is 0.461. The molecule has 3 aromatic rings. The van der Waals surface area contributed by atoms with Crippen LogP contribution in [-0.4, -0.2) is 46.8 Å². The number of piperidine rings is 1. The third kappa shape index (κ3) is 5.59. The molecule has 2 heterocycles. The first-order chi connectivity index (χ1) is 15.2. The molecule has 8 heteroatoms. The molecule has 1 aliphatic rings. The Balaban J connectivity index is 1.35. The second-order valence-corrected chi connectivity index (χ2v) is 7.62. The van der Waals surface area contributed by atoms with Crippen LogP contribution < -0.4 is 15.5 Å². The van der Waals surface area contributed by atoms with E-state index in [2.05, 4.69) is 49.8 Å². The Kier molecular flexibility index (Phi) is 6.76. The molecule has 0 bridgehead atoms. The van der Waals surface area contributed by atoms with Crippen molar-refractivity contribution in [2.24, 2.45) is 4.99 Å². The molecule has 1 aliphatic heterocycles. The monoisotopic (exact) mass is 421 g/mol. The molecule has 0 saturated carbocycles. The maximum atomic E-state index is 13.5. The predicted molar refractivity (Wildman–Crippen MR) is 121 cm³/mol. The normalized spacial score (nSPS) is 15.2. The molecule has 7 nitrogen and oxygen atoms in total. The molecule has 1 saturated heterocycles. The quantitative estimate of drug-likeness (QED) is 0.420. The van der Waals surface area contributed by atoms with Crippen LogP contribution in [0.2, 0.25) is 0 Å². The Labute approximate surface area is 181 Å². The number of hydrogen-bond acceptors (Lipinski definition) is 4. The minimum atomic E-state index is -0.188. The van der Waals surface area contributed by atoms with E-state index in [1.165, 1.54) is 12.4 Å². The van der Waals surface area contributed by atoms with Crippen molar-refractivity contribution < 1.29 is 4.39 Å². The number of halogens is 1. The molecule has 4 rings (SSSR count). The lowest BCUT2D eigenvalue weighted by Gasteiger charge is -2.34. The number of H-pyrrole nitrogens is 1. The Morgan fingerprint density at radius 2 is 2.03 bits per heavy atom. The summed E-state index contributed by atoms with van der Waals surface area (Å²) in [4.78, 5) is 11.2. The minimum Gasteiger partial charge on any atom is -0.371 e. The zero-order valence-corrected chi connectivity index (χ0v) is 17.7. The molecular weight excluding hydrogens is 393 g/mol. The van der Waals surface area contributed by atoms with Crippen molar-refractivity contribution in [2.45, 2.75) is 32.4 Å². The van der Waals surface area contributed by atoms with Gasteiger partial charge in [0.2, 0.25) is 0 Å². The largest absolute Gasteiger partial charge is 0.371 e. The van der Waals surface area contributed by atoms with Crippen LogP contribution in [0.3, 0.4) is 0 Å². The molecular formula is C23H28FN7. The van der Waals surface area contributed by atoms with E-state index < -0.39 is 0 Å². The van der Waals surface area contributed by atoms with Gasteiger partial charge in [0.1, 0.15) is 12.1 Å². The van der Waals surface area contributed by atoms with Crippen LogP contribution in [-0.2, 0) is 6.54 Å². The number of aromatic nitrogens is 3. The van der Waals surface area contributed by atoms with Crippen molar-refractivity contribution in [1.82, 2.24) is 25.8 Å². The van der Waals surface area contributed by atoms with Gasteiger partial charge in [0.05, 0.1) is 6.54 Å². The van der Waals surface area contributed by atoms with Crippen LogP contribution in [0.4, 0.5) is 10.1 Å². The summed E-state index contributed by atoms with van der Waals surface area (Å²) in [5.74, 6) is 1.38. The summed E-state index contributed by atoms with van der Waals surface area (Å²) in [5, 5.41) is 13.7. The predicted octanol–water partition coefficient (Wildman–Crippen LogP) is 3.33. The average Bonchev–Trinajstić information content (AvgIpc) is 3.33. The van der Waals surface area contributed by atoms with Crippen molar-refractivity contribution in [1.29, 1.82) is 0 Å². The topological polar surface area (TPSA) is 81.2 Å². The summed E-state index contributed by atoms with van der Waals surface area (Å²) in [6.45, 7) is 5.21. The highest BCUT2D eigenvalue weighted by Crippen LogP contribution is 2.21. The maximum Gasteiger partial charge on any atom is 0.191 e. The van der Waals surface area contributed by atoms with E-state index in [4.69, 9.17) is 4.99 Å². The molecule has 2 aromatic carbocycles. The van der Waals surface area contributed by atoms with Gasteiger partial charge in [-0.3, -0.25) is 5.10 Å². The van der Waals surface area contributed by atoms with Crippen LogP contribution >= 0.6 is 0 Å². The highest BCUT2D eigenvalue weighted by molar-refractivity contribution is 5.80. The SMILES string of the molecule is CCNC(=NCc1cccc(-c2ncn[nH]2)c1)NC1CCN(c2cccc(F)c2)CC1. The van der Waals surface area contributed by atoms with E-state index in [9.17, 15) is 4.39 Å². The fourth-order valence-electron chi connectivity index (χ4n) is 3.80. The summed E-state index contributed by atoms with van der Waals surface area (Å²) >= 11 is 0. The van der Waals surface area contributed by atoms with Gasteiger partial charge < -0.3 is 15.5 Å². The van der Waals surface area contributed by atoms with Crippen molar-refractivity contribution in [3.63, 3.8) is 0 Å². The maximum absolute atomic E-state index is 13.5. The van der Waals surface area contributed by atoms with E-state index in [0.717, 1.165) is 61.1 Å². The van der Waals surface area contributed by atoms with E-state index in [0.29, 0.717) is 12.6 Å². The van der Waals surface area contributed by atoms with Gasteiger partial charge in [0.25, 0.3) is 0 Å². The molecule has 0 unspecified atom stereocenters. The van der Waals surface area contributed by atoms with Gasteiger partial charge in [-0.1, -0.05) is 24.3 Å². The van der Waals surface area contributed by atoms with Crippen LogP contribution in [0.25, 0.3) is 11.4 Å². The van der Waals surface area contributed by atoms with Gasteiger partial charge in [-0.2, -0.15) is 5.10 Å². The van der Waals surface area contributed by atoms with Crippen LogP contribution in [0.1, 0.15) is 25.3 Å². The number of hydrogen-bond donors (Lipinski definition) is 3. The molecule has 0 atom stereocenters. The number of rotatable bonds is 6. The molecule has 3 N–H and O–H groups in total. The molecule has 162 valence electrons. The number of benzene rings is 2. The molecule has 0 amide bonds. The lowest BCUT2D eigenvalue weighted by Crippen LogP contribution is -2.48. The Hall–Kier alpha value is -3.42. The zero-order chi connectivity index (χ0) is 21.5. The van der Waals surface area contributed by atoms with E-state index in [1.54, 1.807) is 12.1 Å². The first-order valence-corrected chi connectivity index (χ1v) is 10.7. The molecule has 1 aromatic heterocycles. The van der Waals surface area contributed by atoms with Gasteiger partial charge in [0, 0.05) is 36.9 Å². The molecule has 31 heavy (non-hydrogen) atoms. The van der Waals surface area contributed by atoms with Crippen molar-refractivity contribution in [3.8, 4) is 11.4 Å². The van der Waals surface area contributed by atoms with E-state index >= 15 is 0 Å². The number of guanidine groups is 1. The smallest absolute Gasteiger partial charge is 0.191 e. The van der Waals surface area contributed by atoms with E-state index in [-0.39, 0.29) is 5.82 Å². The van der Waals surface area contributed by atoms with Crippen LogP contribution in [0.15, 0.2) is 59.9 Å². The number of nitrogens with one attached hydrogen (secondary N) is 3. The molecule has 0 aliphatic carbocycles. The van der Waals surface area contributed by atoms with Gasteiger partial charge in [0.15, 0.2) is 11.8 Å². The summed E-state index contributed by atoms with van der Waals surface area (Å²) in [7, 11) is 0. The number of aromatic amines is 1. The molecule has 1 fully saturated rings. The highest BCUT2D eigenvalue weighted by Gasteiger charge is 2.20. The van der Waals surface area contributed by atoms with Crippen molar-refractivity contribution in [2.75, 3.05) is 24.5 Å². The first-order valence-electron chi connectivity index (χ1n) is 10.7. The first kappa shape index (κ1) is 20.8. The van der Waals surface area contributed by atoms with Crippen molar-refractivity contribution >= 4 is 11.6 Å². The third-order valence-electron chi connectivity index (χ3n) is 5.39. The number of anilines is 1. The molecule has 0 radical (unpaired) electrons. The summed E-state index contributed by atoms with van der Waals surface area (Å²) in [6.07, 6.45) is 3.46. The average molecular weight is 422 g/mol. The van der Waals surface area contributed by atoms with E-state index in [1.807, 2.05) is 18.2 Å². The number of aliphatic imine (C=N–C) groups is 1. The van der Waals surface area contributed by atoms with Gasteiger partial charge >= 0.3 is 0 Å².